The summed E-state index contributed by atoms with van der Waals surface area (Å²) in [6, 6.07) is 6.06. The van der Waals surface area contributed by atoms with Crippen LogP contribution in [0.1, 0.15) is 25.0 Å². The minimum absolute atomic E-state index is 0.192. The number of likely N-dealkylation sites (N-methyl/N-ethyl adjacent to an activating group) is 1. The summed E-state index contributed by atoms with van der Waals surface area (Å²) < 4.78 is 0. The van der Waals surface area contributed by atoms with Gasteiger partial charge in [0.25, 0.3) is 0 Å². The Bertz CT molecular complexity index is 526. The van der Waals surface area contributed by atoms with Crippen molar-refractivity contribution in [3.63, 3.8) is 0 Å². The van der Waals surface area contributed by atoms with E-state index in [0.717, 1.165) is 10.5 Å². The number of amides is 1. The fourth-order valence-corrected chi connectivity index (χ4v) is 2.58. The lowest BCUT2D eigenvalue weighted by atomic mass is 10.0. The number of rotatable bonds is 5. The van der Waals surface area contributed by atoms with Gasteiger partial charge in [-0.1, -0.05) is 17.7 Å². The summed E-state index contributed by atoms with van der Waals surface area (Å²) >= 11 is 1.44. The predicted molar refractivity (Wildman–Crippen MR) is 81.1 cm³/mol. The minimum Gasteiger partial charge on any atom is -0.480 e. The van der Waals surface area contributed by atoms with Crippen molar-refractivity contribution in [1.82, 2.24) is 4.90 Å². The van der Waals surface area contributed by atoms with Crippen molar-refractivity contribution in [2.45, 2.75) is 38.1 Å². The number of carbonyl (C=O) groups excluding carboxylic acids is 1. The molecule has 0 saturated carbocycles. The summed E-state index contributed by atoms with van der Waals surface area (Å²) in [5.41, 5.74) is 1.12. The maximum atomic E-state index is 12.1. The summed E-state index contributed by atoms with van der Waals surface area (Å²) in [7, 11) is 1.53. The SMILES string of the molecule is Cc1ccc(SCC(=O)N(C)C(C)(C)C(=O)O)c(C)c1. The van der Waals surface area contributed by atoms with E-state index in [0.29, 0.717) is 0 Å². The van der Waals surface area contributed by atoms with Crippen LogP contribution in [0.4, 0.5) is 0 Å². The molecule has 0 heterocycles. The molecule has 1 aromatic rings. The van der Waals surface area contributed by atoms with Crippen LogP contribution >= 0.6 is 11.8 Å². The summed E-state index contributed by atoms with van der Waals surface area (Å²) in [4.78, 5) is 25.5. The molecule has 1 amide bonds. The molecule has 0 aliphatic rings. The normalized spacial score (nSPS) is 11.2. The molecule has 0 aliphatic heterocycles. The molecule has 0 spiro atoms. The van der Waals surface area contributed by atoms with Gasteiger partial charge >= 0.3 is 5.97 Å². The second-order valence-electron chi connectivity index (χ2n) is 5.37. The molecule has 0 saturated heterocycles. The lowest BCUT2D eigenvalue weighted by Gasteiger charge is -2.31. The Morgan fingerprint density at radius 2 is 1.90 bits per heavy atom. The third-order valence-electron chi connectivity index (χ3n) is 3.42. The molecule has 0 radical (unpaired) electrons. The van der Waals surface area contributed by atoms with E-state index < -0.39 is 11.5 Å². The monoisotopic (exact) mass is 295 g/mol. The average Bonchev–Trinajstić information content (AvgIpc) is 2.36. The highest BCUT2D eigenvalue weighted by molar-refractivity contribution is 8.00. The van der Waals surface area contributed by atoms with E-state index in [4.69, 9.17) is 5.11 Å². The molecule has 1 rings (SSSR count). The van der Waals surface area contributed by atoms with Crippen molar-refractivity contribution in [2.75, 3.05) is 12.8 Å². The summed E-state index contributed by atoms with van der Waals surface area (Å²) in [6.07, 6.45) is 0. The van der Waals surface area contributed by atoms with Crippen molar-refractivity contribution in [1.29, 1.82) is 0 Å². The number of nitrogens with zero attached hydrogens (tertiary/aromatic N) is 1. The van der Waals surface area contributed by atoms with E-state index in [1.165, 1.54) is 43.1 Å². The van der Waals surface area contributed by atoms with Crippen LogP contribution in [0, 0.1) is 13.8 Å². The number of aliphatic carboxylic acids is 1. The number of hydrogen-bond acceptors (Lipinski definition) is 3. The van der Waals surface area contributed by atoms with E-state index in [-0.39, 0.29) is 11.7 Å². The lowest BCUT2D eigenvalue weighted by molar-refractivity contribution is -0.154. The third-order valence-corrected chi connectivity index (χ3v) is 4.58. The van der Waals surface area contributed by atoms with E-state index in [1.54, 1.807) is 0 Å². The first-order valence-corrected chi connectivity index (χ1v) is 7.35. The Morgan fingerprint density at radius 1 is 1.30 bits per heavy atom. The van der Waals surface area contributed by atoms with Crippen LogP contribution in [0.5, 0.6) is 0 Å². The van der Waals surface area contributed by atoms with Gasteiger partial charge in [-0.2, -0.15) is 0 Å². The molecule has 1 aromatic carbocycles. The number of carboxylic acids is 1. The number of thioether (sulfide) groups is 1. The minimum atomic E-state index is -1.19. The van der Waals surface area contributed by atoms with Gasteiger partial charge in [0.05, 0.1) is 5.75 Å². The second kappa shape index (κ2) is 6.31. The van der Waals surface area contributed by atoms with Gasteiger partial charge in [0, 0.05) is 11.9 Å². The maximum Gasteiger partial charge on any atom is 0.329 e. The van der Waals surface area contributed by atoms with Crippen molar-refractivity contribution in [3.8, 4) is 0 Å². The van der Waals surface area contributed by atoms with Gasteiger partial charge in [0.15, 0.2) is 0 Å². The van der Waals surface area contributed by atoms with E-state index in [1.807, 2.05) is 26.0 Å². The smallest absolute Gasteiger partial charge is 0.329 e. The topological polar surface area (TPSA) is 57.6 Å². The Morgan fingerprint density at radius 3 is 2.40 bits per heavy atom. The lowest BCUT2D eigenvalue weighted by Crippen LogP contribution is -2.51. The van der Waals surface area contributed by atoms with Gasteiger partial charge < -0.3 is 10.0 Å². The zero-order chi connectivity index (χ0) is 15.5. The van der Waals surface area contributed by atoms with Crippen LogP contribution in [0.3, 0.4) is 0 Å². The predicted octanol–water partition coefficient (Wildman–Crippen LogP) is 2.72. The molecule has 0 fully saturated rings. The highest BCUT2D eigenvalue weighted by Crippen LogP contribution is 2.24. The molecule has 110 valence electrons. The first-order chi connectivity index (χ1) is 9.16. The van der Waals surface area contributed by atoms with Crippen LogP contribution in [0.2, 0.25) is 0 Å². The Labute approximate surface area is 124 Å². The molecule has 0 bridgehead atoms. The first kappa shape index (κ1) is 16.6. The zero-order valence-corrected chi connectivity index (χ0v) is 13.4. The number of benzene rings is 1. The first-order valence-electron chi connectivity index (χ1n) is 6.36. The zero-order valence-electron chi connectivity index (χ0n) is 12.6. The van der Waals surface area contributed by atoms with Gasteiger partial charge in [0.2, 0.25) is 5.91 Å². The second-order valence-corrected chi connectivity index (χ2v) is 6.39. The number of aryl methyl sites for hydroxylation is 2. The van der Waals surface area contributed by atoms with Gasteiger partial charge in [0.1, 0.15) is 5.54 Å². The van der Waals surface area contributed by atoms with E-state index in [9.17, 15) is 9.59 Å². The van der Waals surface area contributed by atoms with Crippen LogP contribution < -0.4 is 0 Å². The molecular formula is C15H21NO3S. The highest BCUT2D eigenvalue weighted by Gasteiger charge is 2.34. The van der Waals surface area contributed by atoms with Crippen molar-refractivity contribution in [3.05, 3.63) is 29.3 Å². The number of carboxylic acid groups (broad SMARTS) is 1. The molecule has 0 aliphatic carbocycles. The molecular weight excluding hydrogens is 274 g/mol. The summed E-state index contributed by atoms with van der Waals surface area (Å²) in [5, 5.41) is 9.12. The average molecular weight is 295 g/mol. The van der Waals surface area contributed by atoms with E-state index in [2.05, 4.69) is 6.07 Å². The van der Waals surface area contributed by atoms with Crippen LogP contribution in [0.15, 0.2) is 23.1 Å². The number of hydrogen-bond donors (Lipinski definition) is 1. The fourth-order valence-electron chi connectivity index (χ4n) is 1.65. The van der Waals surface area contributed by atoms with Gasteiger partial charge in [-0.05, 0) is 39.3 Å². The Kier molecular flexibility index (Phi) is 5.22. The molecule has 4 nitrogen and oxygen atoms in total. The third kappa shape index (κ3) is 3.76. The highest BCUT2D eigenvalue weighted by atomic mass is 32.2. The van der Waals surface area contributed by atoms with E-state index >= 15 is 0 Å². The quantitative estimate of drug-likeness (QED) is 0.849. The maximum absolute atomic E-state index is 12.1. The molecule has 0 aromatic heterocycles. The summed E-state index contributed by atoms with van der Waals surface area (Å²) in [6.45, 7) is 7.07. The molecule has 20 heavy (non-hydrogen) atoms. The van der Waals surface area contributed by atoms with Crippen LogP contribution in [0.25, 0.3) is 0 Å². The van der Waals surface area contributed by atoms with Gasteiger partial charge in [-0.25, -0.2) is 4.79 Å². The fraction of sp³-hybridized carbons (Fsp3) is 0.467. The van der Waals surface area contributed by atoms with Gasteiger partial charge in [-0.3, -0.25) is 4.79 Å². The molecule has 0 atom stereocenters. The van der Waals surface area contributed by atoms with Gasteiger partial charge in [-0.15, -0.1) is 11.8 Å². The number of carbonyl (C=O) groups is 2. The Balaban J connectivity index is 2.70. The Hall–Kier alpha value is -1.49. The largest absolute Gasteiger partial charge is 0.480 e. The van der Waals surface area contributed by atoms with Crippen molar-refractivity contribution in [2.24, 2.45) is 0 Å². The molecule has 5 heteroatoms. The molecule has 1 N–H and O–H groups in total. The molecule has 0 unspecified atom stereocenters. The van der Waals surface area contributed by atoms with Crippen LogP contribution in [-0.4, -0.2) is 40.2 Å². The summed E-state index contributed by atoms with van der Waals surface area (Å²) in [5.74, 6) is -0.968. The van der Waals surface area contributed by atoms with Crippen LogP contribution in [-0.2, 0) is 9.59 Å². The van der Waals surface area contributed by atoms with Crippen molar-refractivity contribution >= 4 is 23.6 Å². The van der Waals surface area contributed by atoms with Crippen molar-refractivity contribution < 1.29 is 14.7 Å². The standard InChI is InChI=1S/C15H21NO3S/c1-10-6-7-12(11(2)8-10)20-9-13(17)16(5)15(3,4)14(18)19/h6-8H,9H2,1-5H3,(H,18,19).